The smallest absolute Gasteiger partial charge is 0.265 e. The van der Waals surface area contributed by atoms with E-state index in [4.69, 9.17) is 4.74 Å². The Morgan fingerprint density at radius 1 is 0.935 bits per heavy atom. The van der Waals surface area contributed by atoms with E-state index in [0.29, 0.717) is 17.9 Å². The van der Waals surface area contributed by atoms with Crippen LogP contribution in [0.2, 0.25) is 0 Å². The highest BCUT2D eigenvalue weighted by atomic mass is 32.2. The maximum Gasteiger partial charge on any atom is 0.265 e. The molecule has 0 fully saturated rings. The van der Waals surface area contributed by atoms with Crippen molar-refractivity contribution >= 4 is 27.3 Å². The van der Waals surface area contributed by atoms with Crippen LogP contribution in [-0.2, 0) is 14.8 Å². The molecule has 3 aromatic rings. The summed E-state index contributed by atoms with van der Waals surface area (Å²) in [6.07, 6.45) is -0.223. The quantitative estimate of drug-likeness (QED) is 0.528. The lowest BCUT2D eigenvalue weighted by molar-refractivity contribution is -0.122. The van der Waals surface area contributed by atoms with Crippen LogP contribution in [0.1, 0.15) is 18.9 Å². The van der Waals surface area contributed by atoms with Crippen LogP contribution in [0.25, 0.3) is 0 Å². The zero-order valence-corrected chi connectivity index (χ0v) is 17.9. The number of carbonyl (C=O) groups is 1. The number of hydrogen-bond donors (Lipinski definition) is 2. The number of sulfonamides is 1. The Hall–Kier alpha value is -3.39. The minimum Gasteiger partial charge on any atom is -0.481 e. The molecule has 31 heavy (non-hydrogen) atoms. The van der Waals surface area contributed by atoms with Crippen molar-refractivity contribution in [1.29, 1.82) is 0 Å². The number of nitrogens with one attached hydrogen (secondary N) is 2. The van der Waals surface area contributed by atoms with Gasteiger partial charge >= 0.3 is 0 Å². The van der Waals surface area contributed by atoms with Gasteiger partial charge in [-0.05, 0) is 74.0 Å². The van der Waals surface area contributed by atoms with E-state index in [0.717, 1.165) is 5.56 Å². The van der Waals surface area contributed by atoms with E-state index in [9.17, 15) is 17.6 Å². The van der Waals surface area contributed by atoms with Crippen LogP contribution in [0.3, 0.4) is 0 Å². The second-order valence-corrected chi connectivity index (χ2v) is 8.64. The number of ether oxygens (including phenoxy) is 1. The predicted octanol–water partition coefficient (Wildman–Crippen LogP) is 4.73. The Labute approximate surface area is 181 Å². The van der Waals surface area contributed by atoms with E-state index >= 15 is 0 Å². The van der Waals surface area contributed by atoms with E-state index in [1.807, 2.05) is 26.0 Å². The molecule has 0 bridgehead atoms. The number of anilines is 2. The van der Waals surface area contributed by atoms with Crippen LogP contribution in [0, 0.1) is 12.7 Å². The first kappa shape index (κ1) is 22.3. The molecule has 0 spiro atoms. The lowest BCUT2D eigenvalue weighted by Gasteiger charge is -2.17. The zero-order chi connectivity index (χ0) is 22.4. The number of benzene rings is 3. The lowest BCUT2D eigenvalue weighted by Crippen LogP contribution is -2.32. The summed E-state index contributed by atoms with van der Waals surface area (Å²) in [4.78, 5) is 12.6. The highest BCUT2D eigenvalue weighted by molar-refractivity contribution is 7.92. The van der Waals surface area contributed by atoms with Gasteiger partial charge < -0.3 is 10.1 Å². The van der Waals surface area contributed by atoms with Gasteiger partial charge in [0, 0.05) is 11.4 Å². The maximum atomic E-state index is 13.0. The second-order valence-electron chi connectivity index (χ2n) is 6.95. The molecule has 3 aromatic carbocycles. The van der Waals surface area contributed by atoms with Crippen LogP contribution in [0.5, 0.6) is 5.75 Å². The van der Waals surface area contributed by atoms with Gasteiger partial charge in [0.1, 0.15) is 11.6 Å². The van der Waals surface area contributed by atoms with Gasteiger partial charge in [0.05, 0.1) is 4.90 Å². The van der Waals surface area contributed by atoms with E-state index in [1.54, 1.807) is 12.1 Å². The Balaban J connectivity index is 1.65. The molecule has 0 heterocycles. The third-order valence-electron chi connectivity index (χ3n) is 4.49. The molecule has 0 saturated heterocycles. The van der Waals surface area contributed by atoms with Crippen molar-refractivity contribution in [1.82, 2.24) is 0 Å². The fraction of sp³-hybridized carbons (Fsp3) is 0.174. The summed E-state index contributed by atoms with van der Waals surface area (Å²) in [5.74, 6) is -0.191. The van der Waals surface area contributed by atoms with Crippen molar-refractivity contribution in [2.24, 2.45) is 0 Å². The van der Waals surface area contributed by atoms with E-state index in [1.165, 1.54) is 48.5 Å². The average molecular weight is 443 g/mol. The van der Waals surface area contributed by atoms with Gasteiger partial charge in [0.2, 0.25) is 0 Å². The summed E-state index contributed by atoms with van der Waals surface area (Å²) in [5.41, 5.74) is 1.78. The highest BCUT2D eigenvalue weighted by Crippen LogP contribution is 2.20. The van der Waals surface area contributed by atoms with Crippen LogP contribution in [0.4, 0.5) is 15.8 Å². The molecule has 8 heteroatoms. The van der Waals surface area contributed by atoms with Gasteiger partial charge in [0.15, 0.2) is 6.10 Å². The molecule has 1 amide bonds. The molecule has 162 valence electrons. The molecular weight excluding hydrogens is 419 g/mol. The normalized spacial score (nSPS) is 12.1. The number of rotatable bonds is 8. The average Bonchev–Trinajstić information content (AvgIpc) is 2.75. The summed E-state index contributed by atoms with van der Waals surface area (Å²) in [6.45, 7) is 3.81. The number of hydrogen-bond acceptors (Lipinski definition) is 4. The Morgan fingerprint density at radius 3 is 2.10 bits per heavy atom. The van der Waals surface area contributed by atoms with Gasteiger partial charge in [0.25, 0.3) is 15.9 Å². The van der Waals surface area contributed by atoms with Gasteiger partial charge in [-0.3, -0.25) is 9.52 Å². The molecule has 0 unspecified atom stereocenters. The summed E-state index contributed by atoms with van der Waals surface area (Å²) in [5, 5.41) is 2.74. The number of amides is 1. The standard InChI is InChI=1S/C23H23FN2O4S/c1-3-22(30-20-12-4-16(2)5-13-20)23(27)25-18-10-14-21(15-11-18)31(28,29)26-19-8-6-17(24)7-9-19/h4-15,22,26H,3H2,1-2H3,(H,25,27)/t22-/m0/s1. The van der Waals surface area contributed by atoms with Crippen LogP contribution in [-0.4, -0.2) is 20.4 Å². The second kappa shape index (κ2) is 9.61. The van der Waals surface area contributed by atoms with Crippen molar-refractivity contribution < 1.29 is 22.3 Å². The molecular formula is C23H23FN2O4S. The third-order valence-corrected chi connectivity index (χ3v) is 5.89. The zero-order valence-electron chi connectivity index (χ0n) is 17.1. The number of halogens is 1. The Kier molecular flexibility index (Phi) is 6.91. The first-order valence-electron chi connectivity index (χ1n) is 9.69. The summed E-state index contributed by atoms with van der Waals surface area (Å²) < 4.78 is 46.1. The summed E-state index contributed by atoms with van der Waals surface area (Å²) in [6, 6.07) is 18.2. The maximum absolute atomic E-state index is 13.0. The first-order valence-corrected chi connectivity index (χ1v) is 11.2. The molecule has 0 radical (unpaired) electrons. The molecule has 0 aliphatic heterocycles. The van der Waals surface area contributed by atoms with Crippen LogP contribution in [0.15, 0.2) is 77.7 Å². The van der Waals surface area contributed by atoms with Gasteiger partial charge in [-0.25, -0.2) is 12.8 Å². The van der Waals surface area contributed by atoms with Crippen molar-refractivity contribution in [3.05, 3.63) is 84.2 Å². The Bertz CT molecular complexity index is 1130. The molecule has 2 N–H and O–H groups in total. The van der Waals surface area contributed by atoms with Crippen molar-refractivity contribution in [2.45, 2.75) is 31.3 Å². The van der Waals surface area contributed by atoms with Crippen molar-refractivity contribution in [3.63, 3.8) is 0 Å². The number of aryl methyl sites for hydroxylation is 1. The largest absolute Gasteiger partial charge is 0.481 e. The van der Waals surface area contributed by atoms with Crippen molar-refractivity contribution in [3.8, 4) is 5.75 Å². The molecule has 0 saturated carbocycles. The first-order chi connectivity index (χ1) is 14.8. The molecule has 3 rings (SSSR count). The van der Waals surface area contributed by atoms with Crippen LogP contribution >= 0.6 is 0 Å². The Morgan fingerprint density at radius 2 is 1.52 bits per heavy atom. The van der Waals surface area contributed by atoms with Gasteiger partial charge in [-0.2, -0.15) is 0 Å². The van der Waals surface area contributed by atoms with E-state index in [2.05, 4.69) is 10.0 Å². The fourth-order valence-corrected chi connectivity index (χ4v) is 3.83. The highest BCUT2D eigenvalue weighted by Gasteiger charge is 2.19. The minimum atomic E-state index is -3.85. The minimum absolute atomic E-state index is 0.0118. The van der Waals surface area contributed by atoms with Gasteiger partial charge in [-0.1, -0.05) is 24.6 Å². The number of carbonyl (C=O) groups excluding carboxylic acids is 1. The molecule has 1 atom stereocenters. The summed E-state index contributed by atoms with van der Waals surface area (Å²) >= 11 is 0. The lowest BCUT2D eigenvalue weighted by atomic mass is 10.2. The monoisotopic (exact) mass is 442 g/mol. The fourth-order valence-electron chi connectivity index (χ4n) is 2.78. The van der Waals surface area contributed by atoms with Gasteiger partial charge in [-0.15, -0.1) is 0 Å². The van der Waals surface area contributed by atoms with Crippen LogP contribution < -0.4 is 14.8 Å². The third kappa shape index (κ3) is 6.05. The van der Waals surface area contributed by atoms with Crippen molar-refractivity contribution in [2.75, 3.05) is 10.0 Å². The molecule has 0 aliphatic carbocycles. The topological polar surface area (TPSA) is 84.5 Å². The predicted molar refractivity (Wildman–Crippen MR) is 118 cm³/mol. The SMILES string of the molecule is CC[C@H](Oc1ccc(C)cc1)C(=O)Nc1ccc(S(=O)(=O)Nc2ccc(F)cc2)cc1. The van der Waals surface area contributed by atoms with E-state index in [-0.39, 0.29) is 16.5 Å². The molecule has 0 aliphatic rings. The molecule has 0 aromatic heterocycles. The molecule has 6 nitrogen and oxygen atoms in total. The summed E-state index contributed by atoms with van der Waals surface area (Å²) in [7, 11) is -3.85. The van der Waals surface area contributed by atoms with E-state index < -0.39 is 21.9 Å².